The van der Waals surface area contributed by atoms with Crippen LogP contribution >= 0.6 is 0 Å². The predicted octanol–water partition coefficient (Wildman–Crippen LogP) is 3.16. The zero-order valence-corrected chi connectivity index (χ0v) is 17.3. The lowest BCUT2D eigenvalue weighted by Gasteiger charge is -2.42. The third-order valence-electron chi connectivity index (χ3n) is 6.96. The zero-order valence-electron chi connectivity index (χ0n) is 17.3. The SMILES string of the molecule is O=C(CC[C@H]1CCCN(C2CCN(Cc3ccccn3)CC2)C1)N1CCCC1. The summed E-state index contributed by atoms with van der Waals surface area (Å²) in [7, 11) is 0. The fourth-order valence-corrected chi connectivity index (χ4v) is 5.28. The Morgan fingerprint density at radius 3 is 2.57 bits per heavy atom. The van der Waals surface area contributed by atoms with Crippen LogP contribution in [-0.2, 0) is 11.3 Å². The largest absolute Gasteiger partial charge is 0.343 e. The van der Waals surface area contributed by atoms with Crippen LogP contribution in [0.2, 0.25) is 0 Å². The second kappa shape index (κ2) is 9.84. The van der Waals surface area contributed by atoms with E-state index < -0.39 is 0 Å². The summed E-state index contributed by atoms with van der Waals surface area (Å²) in [6.45, 7) is 7.78. The Balaban J connectivity index is 1.19. The molecule has 1 atom stereocenters. The van der Waals surface area contributed by atoms with Crippen molar-refractivity contribution < 1.29 is 4.79 Å². The van der Waals surface area contributed by atoms with Crippen LogP contribution in [0.1, 0.15) is 57.1 Å². The fourth-order valence-electron chi connectivity index (χ4n) is 5.28. The molecular weight excluding hydrogens is 348 g/mol. The Labute approximate surface area is 170 Å². The summed E-state index contributed by atoms with van der Waals surface area (Å²) in [5.74, 6) is 1.12. The van der Waals surface area contributed by atoms with Crippen LogP contribution in [0.5, 0.6) is 0 Å². The van der Waals surface area contributed by atoms with Gasteiger partial charge in [-0.2, -0.15) is 0 Å². The van der Waals surface area contributed by atoms with Gasteiger partial charge in [0.1, 0.15) is 0 Å². The van der Waals surface area contributed by atoms with E-state index in [1.165, 1.54) is 70.4 Å². The van der Waals surface area contributed by atoms with E-state index in [1.54, 1.807) is 0 Å². The molecule has 4 heterocycles. The highest BCUT2D eigenvalue weighted by Gasteiger charge is 2.29. The van der Waals surface area contributed by atoms with Crippen LogP contribution in [0.3, 0.4) is 0 Å². The molecule has 0 unspecified atom stereocenters. The van der Waals surface area contributed by atoms with Crippen molar-refractivity contribution in [3.63, 3.8) is 0 Å². The number of hydrogen-bond acceptors (Lipinski definition) is 4. The lowest BCUT2D eigenvalue weighted by atomic mass is 9.90. The maximum absolute atomic E-state index is 12.4. The van der Waals surface area contributed by atoms with Crippen LogP contribution in [0.4, 0.5) is 0 Å². The minimum atomic E-state index is 0.400. The lowest BCUT2D eigenvalue weighted by Crippen LogP contribution is -2.48. The Hall–Kier alpha value is -1.46. The average molecular weight is 385 g/mol. The van der Waals surface area contributed by atoms with Gasteiger partial charge in [0, 0.05) is 57.9 Å². The first kappa shape index (κ1) is 19.8. The summed E-state index contributed by atoms with van der Waals surface area (Å²) < 4.78 is 0. The second-order valence-corrected chi connectivity index (χ2v) is 8.96. The van der Waals surface area contributed by atoms with E-state index >= 15 is 0 Å². The van der Waals surface area contributed by atoms with Gasteiger partial charge in [-0.05, 0) is 69.5 Å². The number of amides is 1. The van der Waals surface area contributed by atoms with Crippen molar-refractivity contribution in [1.82, 2.24) is 19.7 Å². The number of pyridine rings is 1. The summed E-state index contributed by atoms with van der Waals surface area (Å²) in [4.78, 5) is 24.2. The van der Waals surface area contributed by atoms with Crippen molar-refractivity contribution in [1.29, 1.82) is 0 Å². The summed E-state index contributed by atoms with van der Waals surface area (Å²) in [6, 6.07) is 6.93. The van der Waals surface area contributed by atoms with Gasteiger partial charge in [-0.3, -0.25) is 14.7 Å². The molecule has 4 rings (SSSR count). The molecule has 5 heteroatoms. The molecule has 1 aromatic rings. The normalized spacial score (nSPS) is 25.3. The van der Waals surface area contributed by atoms with E-state index in [-0.39, 0.29) is 0 Å². The molecule has 28 heavy (non-hydrogen) atoms. The molecule has 154 valence electrons. The predicted molar refractivity (Wildman–Crippen MR) is 112 cm³/mol. The number of piperidine rings is 2. The molecule has 0 saturated carbocycles. The molecule has 5 nitrogen and oxygen atoms in total. The maximum Gasteiger partial charge on any atom is 0.222 e. The number of rotatable bonds is 6. The third-order valence-corrected chi connectivity index (χ3v) is 6.96. The number of likely N-dealkylation sites (tertiary alicyclic amines) is 3. The van der Waals surface area contributed by atoms with Gasteiger partial charge in [0.25, 0.3) is 0 Å². The van der Waals surface area contributed by atoms with E-state index in [4.69, 9.17) is 0 Å². The van der Waals surface area contributed by atoms with Crippen LogP contribution in [0.25, 0.3) is 0 Å². The maximum atomic E-state index is 12.4. The van der Waals surface area contributed by atoms with Gasteiger partial charge in [0.2, 0.25) is 5.91 Å². The minimum Gasteiger partial charge on any atom is -0.343 e. The van der Waals surface area contributed by atoms with Crippen molar-refractivity contribution >= 4 is 5.91 Å². The number of hydrogen-bond donors (Lipinski definition) is 0. The summed E-state index contributed by atoms with van der Waals surface area (Å²) in [5.41, 5.74) is 1.18. The molecule has 0 aromatic carbocycles. The topological polar surface area (TPSA) is 39.7 Å². The van der Waals surface area contributed by atoms with E-state index in [0.717, 1.165) is 38.5 Å². The van der Waals surface area contributed by atoms with Gasteiger partial charge in [-0.25, -0.2) is 0 Å². The minimum absolute atomic E-state index is 0.400. The van der Waals surface area contributed by atoms with Crippen LogP contribution in [0.15, 0.2) is 24.4 Å². The van der Waals surface area contributed by atoms with Crippen molar-refractivity contribution in [2.24, 2.45) is 5.92 Å². The lowest BCUT2D eigenvalue weighted by molar-refractivity contribution is -0.130. The standard InChI is InChI=1S/C23H36N4O/c28-23(26-13-3-4-14-26)9-8-20-6-5-15-27(18-20)22-10-16-25(17-11-22)19-21-7-1-2-12-24-21/h1-2,7,12,20,22H,3-6,8-11,13-19H2/t20-/m1/s1. The molecule has 0 N–H and O–H groups in total. The summed E-state index contributed by atoms with van der Waals surface area (Å²) >= 11 is 0. The smallest absolute Gasteiger partial charge is 0.222 e. The van der Waals surface area contributed by atoms with E-state index in [1.807, 2.05) is 12.3 Å². The van der Waals surface area contributed by atoms with E-state index in [2.05, 4.69) is 31.8 Å². The Morgan fingerprint density at radius 1 is 1.00 bits per heavy atom. The fraction of sp³-hybridized carbons (Fsp3) is 0.739. The van der Waals surface area contributed by atoms with Gasteiger partial charge in [0.15, 0.2) is 0 Å². The van der Waals surface area contributed by atoms with Crippen molar-refractivity contribution in [2.45, 2.75) is 64.0 Å². The second-order valence-electron chi connectivity index (χ2n) is 8.96. The summed E-state index contributed by atoms with van der Waals surface area (Å²) in [5, 5.41) is 0. The number of carbonyl (C=O) groups excluding carboxylic acids is 1. The number of nitrogens with zero attached hydrogens (tertiary/aromatic N) is 4. The first-order valence-corrected chi connectivity index (χ1v) is 11.4. The van der Waals surface area contributed by atoms with Crippen molar-refractivity contribution in [2.75, 3.05) is 39.3 Å². The van der Waals surface area contributed by atoms with E-state index in [0.29, 0.717) is 11.8 Å². The zero-order chi connectivity index (χ0) is 19.2. The van der Waals surface area contributed by atoms with Gasteiger partial charge < -0.3 is 9.80 Å². The van der Waals surface area contributed by atoms with Gasteiger partial charge >= 0.3 is 0 Å². The summed E-state index contributed by atoms with van der Waals surface area (Å²) in [6.07, 6.45) is 11.3. The monoisotopic (exact) mass is 384 g/mol. The van der Waals surface area contributed by atoms with Gasteiger partial charge in [0.05, 0.1) is 5.69 Å². The molecule has 0 spiro atoms. The van der Waals surface area contributed by atoms with Crippen LogP contribution in [-0.4, -0.2) is 70.9 Å². The first-order valence-electron chi connectivity index (χ1n) is 11.4. The molecule has 3 aliphatic rings. The van der Waals surface area contributed by atoms with Crippen molar-refractivity contribution in [3.8, 4) is 0 Å². The molecule has 3 aliphatic heterocycles. The first-order chi connectivity index (χ1) is 13.8. The molecular formula is C23H36N4O. The Bertz CT molecular complexity index is 608. The molecule has 0 aliphatic carbocycles. The average Bonchev–Trinajstić information content (AvgIpc) is 3.29. The number of aromatic nitrogens is 1. The highest BCUT2D eigenvalue weighted by atomic mass is 16.2. The third kappa shape index (κ3) is 5.32. The van der Waals surface area contributed by atoms with Crippen molar-refractivity contribution in [3.05, 3.63) is 30.1 Å². The molecule has 1 aromatic heterocycles. The molecule has 3 saturated heterocycles. The molecule has 0 radical (unpaired) electrons. The van der Waals surface area contributed by atoms with Crippen LogP contribution < -0.4 is 0 Å². The Kier molecular flexibility index (Phi) is 6.97. The number of carbonyl (C=O) groups is 1. The molecule has 3 fully saturated rings. The molecule has 0 bridgehead atoms. The quantitative estimate of drug-likeness (QED) is 0.755. The molecule has 1 amide bonds. The Morgan fingerprint density at radius 2 is 1.82 bits per heavy atom. The van der Waals surface area contributed by atoms with Gasteiger partial charge in [-0.15, -0.1) is 0 Å². The highest BCUT2D eigenvalue weighted by Crippen LogP contribution is 2.27. The van der Waals surface area contributed by atoms with Gasteiger partial charge in [-0.1, -0.05) is 6.07 Å². The van der Waals surface area contributed by atoms with Crippen LogP contribution in [0, 0.1) is 5.92 Å². The van der Waals surface area contributed by atoms with E-state index in [9.17, 15) is 4.79 Å². The highest BCUT2D eigenvalue weighted by molar-refractivity contribution is 5.76.